The monoisotopic (exact) mass is 551 g/mol. The zero-order valence-corrected chi connectivity index (χ0v) is 22.0. The summed E-state index contributed by atoms with van der Waals surface area (Å²) in [4.78, 5) is 42.2. The lowest BCUT2D eigenvalue weighted by molar-refractivity contribution is -0.128. The van der Waals surface area contributed by atoms with Crippen LogP contribution >= 0.6 is 0 Å². The van der Waals surface area contributed by atoms with E-state index in [9.17, 15) is 22.8 Å². The molecule has 14 nitrogen and oxygen atoms in total. The molecule has 0 radical (unpaired) electrons. The molecule has 0 spiro atoms. The maximum Gasteiger partial charge on any atom is 0.239 e. The number of rotatable bonds is 14. The van der Waals surface area contributed by atoms with Crippen LogP contribution in [0.4, 0.5) is 0 Å². The minimum absolute atomic E-state index is 0.0692. The number of carbonyl (C=O) groups is 3. The number of hydrogen-bond acceptors (Lipinski definition) is 7. The molecule has 2 atom stereocenters. The molecule has 1 aromatic rings. The Balaban J connectivity index is 2.01. The number of piperidine rings is 1. The standard InChI is InChI=1S/C23H37N9O5S/c24-22(25)28-10-4-7-18(14-33)30-19(34)13-29-21(35)20(17-8-11-32(12-9-17)23(26)27)31-38(36,37)15-16-5-2-1-3-6-16/h1-3,5-6,14,17-18,20,31H,4,7-13,15H2,(H3,26,27)(H,29,35)(H,30,34)(H4,24,25,28)/t18-,20+/m0/s1. The highest BCUT2D eigenvalue weighted by Crippen LogP contribution is 2.22. The second-order valence-electron chi connectivity index (χ2n) is 9.03. The van der Waals surface area contributed by atoms with Gasteiger partial charge in [-0.15, -0.1) is 0 Å². The van der Waals surface area contributed by atoms with Crippen molar-refractivity contribution in [2.24, 2.45) is 28.1 Å². The number of carbonyl (C=O) groups excluding carboxylic acids is 3. The lowest BCUT2D eigenvalue weighted by atomic mass is 9.89. The molecule has 0 unspecified atom stereocenters. The van der Waals surface area contributed by atoms with E-state index < -0.39 is 40.5 Å². The lowest BCUT2D eigenvalue weighted by Gasteiger charge is -2.35. The highest BCUT2D eigenvalue weighted by Gasteiger charge is 2.35. The van der Waals surface area contributed by atoms with Crippen LogP contribution in [0.1, 0.15) is 31.2 Å². The van der Waals surface area contributed by atoms with Crippen molar-refractivity contribution in [3.8, 4) is 0 Å². The zero-order chi connectivity index (χ0) is 28.1. The first kappa shape index (κ1) is 30.5. The van der Waals surface area contributed by atoms with E-state index in [0.29, 0.717) is 57.2 Å². The molecule has 1 fully saturated rings. The van der Waals surface area contributed by atoms with Gasteiger partial charge >= 0.3 is 0 Å². The van der Waals surface area contributed by atoms with Crippen LogP contribution in [0.25, 0.3) is 0 Å². The van der Waals surface area contributed by atoms with E-state index in [1.807, 2.05) is 0 Å². The minimum Gasteiger partial charge on any atom is -0.370 e. The maximum absolute atomic E-state index is 13.1. The van der Waals surface area contributed by atoms with Gasteiger partial charge in [0, 0.05) is 19.6 Å². The highest BCUT2D eigenvalue weighted by atomic mass is 32.2. The number of nitrogens with two attached hydrogens (primary N) is 3. The van der Waals surface area contributed by atoms with Gasteiger partial charge in [-0.05, 0) is 37.2 Å². The molecular formula is C23H37N9O5S. The van der Waals surface area contributed by atoms with E-state index in [1.165, 1.54) is 0 Å². The average molecular weight is 552 g/mol. The molecule has 10 N–H and O–H groups in total. The topological polar surface area (TPSA) is 239 Å². The Kier molecular flexibility index (Phi) is 11.9. The van der Waals surface area contributed by atoms with Gasteiger partial charge in [-0.25, -0.2) is 13.1 Å². The SMILES string of the molecule is N=C(N)N1CCC([C@@H](NS(=O)(=O)Cc2ccccc2)C(=O)NCC(=O)N[C@H](C=O)CCCN=C(N)N)CC1. The summed E-state index contributed by atoms with van der Waals surface area (Å²) in [5, 5.41) is 12.6. The third-order valence-electron chi connectivity index (χ3n) is 6.04. The number of aldehydes is 1. The molecule has 1 aliphatic rings. The molecule has 38 heavy (non-hydrogen) atoms. The van der Waals surface area contributed by atoms with Gasteiger partial charge < -0.3 is 37.5 Å². The van der Waals surface area contributed by atoms with Gasteiger partial charge in [0.25, 0.3) is 0 Å². The lowest BCUT2D eigenvalue weighted by Crippen LogP contribution is -2.55. The molecule has 15 heteroatoms. The van der Waals surface area contributed by atoms with Gasteiger partial charge in [-0.3, -0.25) is 20.0 Å². The highest BCUT2D eigenvalue weighted by molar-refractivity contribution is 7.88. The van der Waals surface area contributed by atoms with Crippen molar-refractivity contribution in [3.05, 3.63) is 35.9 Å². The average Bonchev–Trinajstić information content (AvgIpc) is 2.88. The number of amides is 2. The smallest absolute Gasteiger partial charge is 0.239 e. The summed E-state index contributed by atoms with van der Waals surface area (Å²) in [7, 11) is -3.91. The molecule has 2 rings (SSSR count). The molecule has 210 valence electrons. The van der Waals surface area contributed by atoms with Crippen molar-refractivity contribution >= 4 is 40.0 Å². The number of likely N-dealkylation sites (tertiary alicyclic amines) is 1. The van der Waals surface area contributed by atoms with Crippen LogP contribution in [-0.2, 0) is 30.2 Å². The minimum atomic E-state index is -3.91. The van der Waals surface area contributed by atoms with Crippen LogP contribution < -0.4 is 32.6 Å². The third-order valence-corrected chi connectivity index (χ3v) is 7.37. The molecule has 2 amide bonds. The second-order valence-corrected chi connectivity index (χ2v) is 10.8. The number of aliphatic imine (C=N–C) groups is 1. The summed E-state index contributed by atoms with van der Waals surface area (Å²) in [6.45, 7) is 0.643. The third kappa shape index (κ3) is 10.7. The molecule has 0 bridgehead atoms. The number of benzene rings is 1. The molecule has 1 heterocycles. The van der Waals surface area contributed by atoms with Gasteiger partial charge in [0.05, 0.1) is 18.3 Å². The number of hydrogen-bond donors (Lipinski definition) is 7. The van der Waals surface area contributed by atoms with E-state index in [4.69, 9.17) is 22.6 Å². The van der Waals surface area contributed by atoms with Crippen molar-refractivity contribution in [1.29, 1.82) is 5.41 Å². The molecule has 1 aliphatic heterocycles. The second kappa shape index (κ2) is 14.9. The van der Waals surface area contributed by atoms with Crippen molar-refractivity contribution < 1.29 is 22.8 Å². The van der Waals surface area contributed by atoms with Gasteiger partial charge in [-0.2, -0.15) is 0 Å². The Labute approximate surface area is 222 Å². The van der Waals surface area contributed by atoms with Crippen LogP contribution in [0.2, 0.25) is 0 Å². The van der Waals surface area contributed by atoms with Crippen LogP contribution in [0.3, 0.4) is 0 Å². The van der Waals surface area contributed by atoms with Gasteiger partial charge in [-0.1, -0.05) is 30.3 Å². The first-order valence-corrected chi connectivity index (χ1v) is 13.9. The molecule has 0 aromatic heterocycles. The summed E-state index contributed by atoms with van der Waals surface area (Å²) < 4.78 is 28.4. The molecule has 1 saturated heterocycles. The number of sulfonamides is 1. The fourth-order valence-corrected chi connectivity index (χ4v) is 5.50. The van der Waals surface area contributed by atoms with Gasteiger partial charge in [0.2, 0.25) is 21.8 Å². The summed E-state index contributed by atoms with van der Waals surface area (Å²) in [5.41, 5.74) is 16.6. The normalized spacial score (nSPS) is 15.6. The Bertz CT molecular complexity index is 1090. The fourth-order valence-electron chi connectivity index (χ4n) is 4.10. The Hall–Kier alpha value is -3.72. The summed E-state index contributed by atoms with van der Waals surface area (Å²) in [6, 6.07) is 6.64. The predicted octanol–water partition coefficient (Wildman–Crippen LogP) is -2.07. The van der Waals surface area contributed by atoms with Crippen LogP contribution in [0.15, 0.2) is 35.3 Å². The summed E-state index contributed by atoms with van der Waals surface area (Å²) >= 11 is 0. The van der Waals surface area contributed by atoms with Crippen molar-refractivity contribution in [3.63, 3.8) is 0 Å². The largest absolute Gasteiger partial charge is 0.370 e. The first-order chi connectivity index (χ1) is 18.0. The van der Waals surface area contributed by atoms with Crippen molar-refractivity contribution in [2.45, 2.75) is 43.5 Å². The predicted molar refractivity (Wildman–Crippen MR) is 143 cm³/mol. The fraction of sp³-hybridized carbons (Fsp3) is 0.522. The maximum atomic E-state index is 13.1. The quantitative estimate of drug-likeness (QED) is 0.0581. The number of nitrogens with zero attached hydrogens (tertiary/aromatic N) is 2. The zero-order valence-electron chi connectivity index (χ0n) is 21.1. The number of guanidine groups is 2. The Morgan fingerprint density at radius 1 is 1.16 bits per heavy atom. The van der Waals surface area contributed by atoms with Gasteiger partial charge in [0.15, 0.2) is 11.9 Å². The Morgan fingerprint density at radius 2 is 1.82 bits per heavy atom. The van der Waals surface area contributed by atoms with Crippen molar-refractivity contribution in [2.75, 3.05) is 26.2 Å². The van der Waals surface area contributed by atoms with Crippen LogP contribution in [-0.4, -0.2) is 81.6 Å². The van der Waals surface area contributed by atoms with E-state index in [1.54, 1.807) is 35.2 Å². The van der Waals surface area contributed by atoms with Crippen molar-refractivity contribution in [1.82, 2.24) is 20.3 Å². The van der Waals surface area contributed by atoms with E-state index >= 15 is 0 Å². The molecule has 0 saturated carbocycles. The van der Waals surface area contributed by atoms with Crippen LogP contribution in [0, 0.1) is 11.3 Å². The molecule has 1 aromatic carbocycles. The molecular weight excluding hydrogens is 514 g/mol. The number of nitrogens with one attached hydrogen (secondary N) is 4. The molecule has 0 aliphatic carbocycles. The van der Waals surface area contributed by atoms with E-state index in [0.717, 1.165) is 0 Å². The van der Waals surface area contributed by atoms with E-state index in [-0.39, 0.29) is 23.6 Å². The van der Waals surface area contributed by atoms with E-state index in [2.05, 4.69) is 20.3 Å². The van der Waals surface area contributed by atoms with Gasteiger partial charge in [0.1, 0.15) is 12.3 Å². The Morgan fingerprint density at radius 3 is 2.39 bits per heavy atom. The van der Waals surface area contributed by atoms with Crippen LogP contribution in [0.5, 0.6) is 0 Å². The first-order valence-electron chi connectivity index (χ1n) is 12.2. The summed E-state index contributed by atoms with van der Waals surface area (Å²) in [5.74, 6) is -2.11. The summed E-state index contributed by atoms with van der Waals surface area (Å²) in [6.07, 6.45) is 2.18.